The predicted octanol–water partition coefficient (Wildman–Crippen LogP) is 2.96. The SMILES string of the molecule is COc1ccc2c(c1O)[C@]13CCN(CC4CC4)[C@H](C2)[C@@]12CC[C@]1(O)[C@H]3[C@H](O2)C(=O)N1Cc1ccccc1. The van der Waals surface area contributed by atoms with Crippen molar-refractivity contribution >= 4 is 5.91 Å². The Balaban J connectivity index is 1.32. The lowest BCUT2D eigenvalue weighted by Crippen LogP contribution is -2.76. The number of hydrogen-bond acceptors (Lipinski definition) is 6. The van der Waals surface area contributed by atoms with Gasteiger partial charge in [0, 0.05) is 30.1 Å². The number of rotatable bonds is 5. The van der Waals surface area contributed by atoms with Crippen LogP contribution >= 0.6 is 0 Å². The predicted molar refractivity (Wildman–Crippen MR) is 135 cm³/mol. The topological polar surface area (TPSA) is 82.5 Å². The number of hydrogen-bond donors (Lipinski definition) is 2. The first-order valence-electron chi connectivity index (χ1n) is 13.8. The molecule has 6 aliphatic rings. The maximum Gasteiger partial charge on any atom is 0.254 e. The zero-order valence-electron chi connectivity index (χ0n) is 21.2. The molecule has 3 heterocycles. The lowest BCUT2D eigenvalue weighted by molar-refractivity contribution is -0.224. The molecule has 2 aromatic carbocycles. The molecule has 2 saturated carbocycles. The number of carbonyl (C=O) groups is 1. The summed E-state index contributed by atoms with van der Waals surface area (Å²) in [6.07, 6.45) is 4.54. The third-order valence-corrected chi connectivity index (χ3v) is 10.7. The second kappa shape index (κ2) is 7.28. The van der Waals surface area contributed by atoms with Gasteiger partial charge in [0.05, 0.1) is 18.6 Å². The molecule has 5 fully saturated rings. The standard InChI is InChI=1S/C30H34N2O5/c1-36-21-10-9-20-15-22-29-11-12-30(35)26(25(37-29)27(34)32(30)17-18-5-3-2-4-6-18)28(29,23(20)24(21)33)13-14-31(22)16-19-7-8-19/h2-6,9-10,19,22,25-26,33,35H,7-8,11-17H2,1H3/t22-,25+,26+,28+,29+,30+/m1/s1. The molecule has 37 heavy (non-hydrogen) atoms. The van der Waals surface area contributed by atoms with Gasteiger partial charge in [-0.1, -0.05) is 36.4 Å². The third-order valence-electron chi connectivity index (χ3n) is 10.7. The summed E-state index contributed by atoms with van der Waals surface area (Å²) in [6.45, 7) is 2.30. The van der Waals surface area contributed by atoms with Crippen LogP contribution < -0.4 is 4.74 Å². The number of carbonyl (C=O) groups excluding carboxylic acids is 1. The van der Waals surface area contributed by atoms with E-state index in [1.165, 1.54) is 12.8 Å². The number of amides is 1. The molecule has 2 aromatic rings. The Morgan fingerprint density at radius 3 is 2.68 bits per heavy atom. The van der Waals surface area contributed by atoms with Crippen molar-refractivity contribution in [2.75, 3.05) is 20.2 Å². The second-order valence-electron chi connectivity index (χ2n) is 12.2. The maximum atomic E-state index is 14.0. The van der Waals surface area contributed by atoms with Gasteiger partial charge in [-0.25, -0.2) is 0 Å². The van der Waals surface area contributed by atoms with Crippen molar-refractivity contribution < 1.29 is 24.5 Å². The van der Waals surface area contributed by atoms with Gasteiger partial charge in [0.1, 0.15) is 11.8 Å². The first-order chi connectivity index (χ1) is 17.9. The highest BCUT2D eigenvalue weighted by atomic mass is 16.5. The molecule has 3 aliphatic carbocycles. The minimum absolute atomic E-state index is 0.123. The summed E-state index contributed by atoms with van der Waals surface area (Å²) < 4.78 is 12.6. The Bertz CT molecular complexity index is 1300. The fourth-order valence-electron chi connectivity index (χ4n) is 9.16. The lowest BCUT2D eigenvalue weighted by Gasteiger charge is -2.66. The average Bonchev–Trinajstić information content (AvgIpc) is 3.64. The number of methoxy groups -OCH3 is 1. The molecule has 7 nitrogen and oxygen atoms in total. The summed E-state index contributed by atoms with van der Waals surface area (Å²) in [4.78, 5) is 18.3. The van der Waals surface area contributed by atoms with Gasteiger partial charge in [0.15, 0.2) is 11.5 Å². The fourth-order valence-corrected chi connectivity index (χ4v) is 9.16. The van der Waals surface area contributed by atoms with Crippen molar-refractivity contribution in [2.24, 2.45) is 11.8 Å². The van der Waals surface area contributed by atoms with Crippen LogP contribution in [-0.2, 0) is 27.9 Å². The summed E-state index contributed by atoms with van der Waals surface area (Å²) in [7, 11) is 1.58. The summed E-state index contributed by atoms with van der Waals surface area (Å²) in [5.41, 5.74) is 0.362. The van der Waals surface area contributed by atoms with Crippen LogP contribution in [0, 0.1) is 11.8 Å². The van der Waals surface area contributed by atoms with E-state index in [2.05, 4.69) is 11.0 Å². The number of nitrogens with zero attached hydrogens (tertiary/aromatic N) is 2. The lowest BCUT2D eigenvalue weighted by atomic mass is 9.45. The fraction of sp³-hybridized carbons (Fsp3) is 0.567. The summed E-state index contributed by atoms with van der Waals surface area (Å²) >= 11 is 0. The number of phenolic OH excluding ortho intramolecular Hbond substituents is 1. The normalized spacial score (nSPS) is 39.5. The Hall–Kier alpha value is -2.61. The summed E-state index contributed by atoms with van der Waals surface area (Å²) in [5, 5.41) is 24.1. The molecule has 2 N–H and O–H groups in total. The molecule has 0 aromatic heterocycles. The van der Waals surface area contributed by atoms with Crippen LogP contribution in [-0.4, -0.2) is 69.6 Å². The molecule has 0 radical (unpaired) electrons. The Kier molecular flexibility index (Phi) is 4.40. The van der Waals surface area contributed by atoms with Crippen molar-refractivity contribution in [3.05, 3.63) is 59.2 Å². The number of piperidine rings is 1. The van der Waals surface area contributed by atoms with Crippen LogP contribution in [0.1, 0.15) is 48.8 Å². The van der Waals surface area contributed by atoms with Crippen LogP contribution in [0.2, 0.25) is 0 Å². The van der Waals surface area contributed by atoms with E-state index in [1.54, 1.807) is 12.0 Å². The molecule has 7 heteroatoms. The number of phenols is 1. The minimum Gasteiger partial charge on any atom is -0.504 e. The number of fused-ring (bicyclic) bond motifs is 1. The van der Waals surface area contributed by atoms with E-state index in [0.29, 0.717) is 25.1 Å². The molecule has 8 rings (SSSR count). The monoisotopic (exact) mass is 502 g/mol. The van der Waals surface area contributed by atoms with Gasteiger partial charge < -0.3 is 24.6 Å². The molecule has 3 saturated heterocycles. The number of likely N-dealkylation sites (tertiary alicyclic amines) is 2. The highest BCUT2D eigenvalue weighted by Gasteiger charge is 2.83. The van der Waals surface area contributed by atoms with Gasteiger partial charge in [-0.3, -0.25) is 9.69 Å². The number of aromatic hydroxyl groups is 1. The Labute approximate surface area is 217 Å². The molecular formula is C30H34N2O5. The molecule has 0 spiro atoms. The van der Waals surface area contributed by atoms with Crippen LogP contribution in [0.25, 0.3) is 0 Å². The molecule has 3 aliphatic heterocycles. The van der Waals surface area contributed by atoms with Crippen LogP contribution in [0.3, 0.4) is 0 Å². The highest BCUT2D eigenvalue weighted by molar-refractivity contribution is 5.87. The summed E-state index contributed by atoms with van der Waals surface area (Å²) in [5.74, 6) is 0.786. The van der Waals surface area contributed by atoms with Crippen molar-refractivity contribution in [1.82, 2.24) is 9.80 Å². The molecular weight excluding hydrogens is 468 g/mol. The van der Waals surface area contributed by atoms with E-state index < -0.39 is 28.8 Å². The maximum absolute atomic E-state index is 14.0. The third kappa shape index (κ3) is 2.60. The molecule has 1 amide bonds. The van der Waals surface area contributed by atoms with E-state index in [1.807, 2.05) is 36.4 Å². The van der Waals surface area contributed by atoms with E-state index in [-0.39, 0.29) is 17.7 Å². The van der Waals surface area contributed by atoms with Crippen LogP contribution in [0.5, 0.6) is 11.5 Å². The highest BCUT2D eigenvalue weighted by Crippen LogP contribution is 2.73. The molecule has 0 unspecified atom stereocenters. The molecule has 6 atom stereocenters. The molecule has 4 bridgehead atoms. The van der Waals surface area contributed by atoms with E-state index in [0.717, 1.165) is 48.5 Å². The van der Waals surface area contributed by atoms with Gasteiger partial charge in [0.2, 0.25) is 0 Å². The van der Waals surface area contributed by atoms with Crippen molar-refractivity contribution in [2.45, 2.75) is 74.0 Å². The second-order valence-corrected chi connectivity index (χ2v) is 12.2. The van der Waals surface area contributed by atoms with Crippen molar-refractivity contribution in [3.8, 4) is 11.5 Å². The van der Waals surface area contributed by atoms with E-state index >= 15 is 0 Å². The summed E-state index contributed by atoms with van der Waals surface area (Å²) in [6, 6.07) is 13.9. The first-order valence-corrected chi connectivity index (χ1v) is 13.8. The number of benzene rings is 2. The zero-order valence-corrected chi connectivity index (χ0v) is 21.2. The zero-order chi connectivity index (χ0) is 25.2. The van der Waals surface area contributed by atoms with Gasteiger partial charge >= 0.3 is 0 Å². The number of ether oxygens (including phenoxy) is 2. The number of aliphatic hydroxyl groups is 1. The van der Waals surface area contributed by atoms with E-state index in [4.69, 9.17) is 9.47 Å². The quantitative estimate of drug-likeness (QED) is 0.654. The van der Waals surface area contributed by atoms with Crippen LogP contribution in [0.15, 0.2) is 42.5 Å². The Morgan fingerprint density at radius 1 is 1.11 bits per heavy atom. The molecule has 194 valence electrons. The smallest absolute Gasteiger partial charge is 0.254 e. The minimum atomic E-state index is -1.33. The van der Waals surface area contributed by atoms with Gasteiger partial charge in [-0.15, -0.1) is 0 Å². The van der Waals surface area contributed by atoms with Gasteiger partial charge in [-0.05, 0) is 68.2 Å². The van der Waals surface area contributed by atoms with E-state index in [9.17, 15) is 15.0 Å². The Morgan fingerprint density at radius 2 is 1.92 bits per heavy atom. The van der Waals surface area contributed by atoms with Crippen molar-refractivity contribution in [1.29, 1.82) is 0 Å². The van der Waals surface area contributed by atoms with Gasteiger partial charge in [0.25, 0.3) is 5.91 Å². The van der Waals surface area contributed by atoms with Crippen LogP contribution in [0.4, 0.5) is 0 Å². The largest absolute Gasteiger partial charge is 0.504 e. The average molecular weight is 503 g/mol. The van der Waals surface area contributed by atoms with Gasteiger partial charge in [-0.2, -0.15) is 0 Å². The first kappa shape index (κ1) is 22.4. The van der Waals surface area contributed by atoms with Crippen molar-refractivity contribution in [3.63, 3.8) is 0 Å².